The Morgan fingerprint density at radius 1 is 1.19 bits per heavy atom. The lowest BCUT2D eigenvalue weighted by atomic mass is 9.82. The average Bonchev–Trinajstić information content (AvgIpc) is 3.10. The molecule has 1 aromatic heterocycles. The Balaban J connectivity index is 1.85. The van der Waals surface area contributed by atoms with Gasteiger partial charge in [-0.25, -0.2) is 0 Å². The van der Waals surface area contributed by atoms with Crippen LogP contribution in [0.5, 0.6) is 0 Å². The molecule has 1 aliphatic carbocycles. The average molecular weight is 274 g/mol. The zero-order chi connectivity index (χ0) is 13.8. The number of hydrogen-bond donors (Lipinski definition) is 1. The molecule has 1 N–H and O–H groups in total. The zero-order valence-corrected chi connectivity index (χ0v) is 11.9. The van der Waals surface area contributed by atoms with Gasteiger partial charge in [0, 0.05) is 29.2 Å². The van der Waals surface area contributed by atoms with Gasteiger partial charge < -0.3 is 9.88 Å². The standard InChI is InChI=1S/C19H18N2/c1-4-8-17-13(5-1)11-18-15-6-2-3-7-16(15)19-14(9-10-20-19)12-21(17)18/h1-6,8,11-12,16,19-20H,7,9-10H2. The third-order valence-electron chi connectivity index (χ3n) is 5.12. The maximum absolute atomic E-state index is 3.71. The molecule has 2 atom stereocenters. The van der Waals surface area contributed by atoms with Gasteiger partial charge in [-0.15, -0.1) is 0 Å². The van der Waals surface area contributed by atoms with Crippen molar-refractivity contribution in [3.63, 3.8) is 0 Å². The Bertz CT molecular complexity index is 819. The van der Waals surface area contributed by atoms with Crippen molar-refractivity contribution in [2.24, 2.45) is 5.92 Å². The molecule has 2 aromatic rings. The lowest BCUT2D eigenvalue weighted by Crippen LogP contribution is -2.32. The van der Waals surface area contributed by atoms with Crippen LogP contribution < -0.4 is 5.32 Å². The second-order valence-corrected chi connectivity index (χ2v) is 6.24. The van der Waals surface area contributed by atoms with E-state index in [0.717, 1.165) is 13.0 Å². The zero-order valence-electron chi connectivity index (χ0n) is 11.9. The van der Waals surface area contributed by atoms with Gasteiger partial charge in [0.15, 0.2) is 0 Å². The minimum Gasteiger partial charge on any atom is -0.316 e. The molecule has 3 aliphatic rings. The number of nitrogens with zero attached hydrogens (tertiary/aromatic N) is 1. The molecule has 5 rings (SSSR count). The third-order valence-corrected chi connectivity index (χ3v) is 5.12. The van der Waals surface area contributed by atoms with Gasteiger partial charge in [-0.2, -0.15) is 0 Å². The number of benzene rings is 1. The Kier molecular flexibility index (Phi) is 2.33. The van der Waals surface area contributed by atoms with Gasteiger partial charge >= 0.3 is 0 Å². The molecular formula is C19H18N2. The summed E-state index contributed by atoms with van der Waals surface area (Å²) in [5.41, 5.74) is 5.73. The molecule has 0 bridgehead atoms. The maximum Gasteiger partial charge on any atom is 0.0528 e. The first-order chi connectivity index (χ1) is 10.4. The van der Waals surface area contributed by atoms with Gasteiger partial charge in [0.2, 0.25) is 0 Å². The topological polar surface area (TPSA) is 17.0 Å². The summed E-state index contributed by atoms with van der Waals surface area (Å²) in [5.74, 6) is 0.578. The summed E-state index contributed by atoms with van der Waals surface area (Å²) in [5, 5.41) is 5.05. The second-order valence-electron chi connectivity index (χ2n) is 6.24. The van der Waals surface area contributed by atoms with Gasteiger partial charge in [-0.1, -0.05) is 36.4 Å². The van der Waals surface area contributed by atoms with Crippen LogP contribution in [0.2, 0.25) is 0 Å². The number of aromatic nitrogens is 1. The van der Waals surface area contributed by atoms with Crippen LogP contribution >= 0.6 is 0 Å². The SMILES string of the molecule is C1=CCC2C(=C1)c1cc3ccccc3n1C=C1CCNC12. The molecular weight excluding hydrogens is 256 g/mol. The van der Waals surface area contributed by atoms with E-state index < -0.39 is 0 Å². The van der Waals surface area contributed by atoms with Crippen molar-refractivity contribution < 1.29 is 0 Å². The van der Waals surface area contributed by atoms with Gasteiger partial charge in [0.05, 0.1) is 5.52 Å². The molecule has 0 radical (unpaired) electrons. The fraction of sp³-hybridized carbons (Fsp3) is 0.263. The van der Waals surface area contributed by atoms with E-state index in [1.54, 1.807) is 5.57 Å². The number of hydrogen-bond acceptors (Lipinski definition) is 1. The maximum atomic E-state index is 3.71. The van der Waals surface area contributed by atoms with Crippen molar-refractivity contribution in [2.45, 2.75) is 18.9 Å². The number of rotatable bonds is 0. The molecule has 1 fully saturated rings. The Morgan fingerprint density at radius 3 is 3.14 bits per heavy atom. The summed E-state index contributed by atoms with van der Waals surface area (Å²) in [6.45, 7) is 1.11. The van der Waals surface area contributed by atoms with Crippen LogP contribution in [0, 0.1) is 5.92 Å². The molecule has 2 aliphatic heterocycles. The molecule has 104 valence electrons. The predicted octanol–water partition coefficient (Wildman–Crippen LogP) is 3.82. The fourth-order valence-electron chi connectivity index (χ4n) is 4.15. The minimum absolute atomic E-state index is 0.514. The van der Waals surface area contributed by atoms with Crippen LogP contribution in [-0.4, -0.2) is 17.2 Å². The Labute approximate surface area is 124 Å². The summed E-state index contributed by atoms with van der Waals surface area (Å²) < 4.78 is 2.41. The van der Waals surface area contributed by atoms with Crippen LogP contribution in [0.25, 0.3) is 22.7 Å². The van der Waals surface area contributed by atoms with E-state index in [-0.39, 0.29) is 0 Å². The molecule has 3 heterocycles. The summed E-state index contributed by atoms with van der Waals surface area (Å²) >= 11 is 0. The predicted molar refractivity (Wildman–Crippen MR) is 87.8 cm³/mol. The number of para-hydroxylation sites is 1. The second kappa shape index (κ2) is 4.22. The van der Waals surface area contributed by atoms with E-state index in [1.165, 1.54) is 28.6 Å². The van der Waals surface area contributed by atoms with E-state index in [0.29, 0.717) is 12.0 Å². The third kappa shape index (κ3) is 1.57. The highest BCUT2D eigenvalue weighted by molar-refractivity contribution is 5.89. The van der Waals surface area contributed by atoms with Crippen molar-refractivity contribution >= 4 is 22.7 Å². The highest BCUT2D eigenvalue weighted by atomic mass is 15.0. The number of fused-ring (bicyclic) bond motifs is 7. The monoisotopic (exact) mass is 274 g/mol. The largest absolute Gasteiger partial charge is 0.316 e. The lowest BCUT2D eigenvalue weighted by molar-refractivity contribution is 0.524. The summed E-state index contributed by atoms with van der Waals surface area (Å²) in [6, 6.07) is 11.6. The van der Waals surface area contributed by atoms with Crippen molar-refractivity contribution in [1.82, 2.24) is 9.88 Å². The lowest BCUT2D eigenvalue weighted by Gasteiger charge is -2.26. The van der Waals surface area contributed by atoms with E-state index in [9.17, 15) is 0 Å². The van der Waals surface area contributed by atoms with Gasteiger partial charge in [0.25, 0.3) is 0 Å². The van der Waals surface area contributed by atoms with E-state index in [1.807, 2.05) is 0 Å². The molecule has 0 spiro atoms. The molecule has 2 nitrogen and oxygen atoms in total. The first-order valence-corrected chi connectivity index (χ1v) is 7.83. The van der Waals surface area contributed by atoms with E-state index >= 15 is 0 Å². The molecule has 0 amide bonds. The van der Waals surface area contributed by atoms with Crippen molar-refractivity contribution in [2.75, 3.05) is 6.54 Å². The Hall–Kier alpha value is -2.06. The van der Waals surface area contributed by atoms with Gasteiger partial charge in [0.1, 0.15) is 0 Å². The highest BCUT2D eigenvalue weighted by Crippen LogP contribution is 2.41. The van der Waals surface area contributed by atoms with Crippen LogP contribution in [-0.2, 0) is 0 Å². The molecule has 2 heteroatoms. The van der Waals surface area contributed by atoms with Crippen molar-refractivity contribution in [3.05, 3.63) is 59.8 Å². The first kappa shape index (κ1) is 11.6. The molecule has 21 heavy (non-hydrogen) atoms. The summed E-state index contributed by atoms with van der Waals surface area (Å²) in [7, 11) is 0. The molecule has 0 saturated carbocycles. The molecule has 1 saturated heterocycles. The van der Waals surface area contributed by atoms with E-state index in [2.05, 4.69) is 64.6 Å². The highest BCUT2D eigenvalue weighted by Gasteiger charge is 2.35. The first-order valence-electron chi connectivity index (χ1n) is 7.83. The smallest absolute Gasteiger partial charge is 0.0528 e. The van der Waals surface area contributed by atoms with E-state index in [4.69, 9.17) is 0 Å². The Morgan fingerprint density at radius 2 is 2.14 bits per heavy atom. The van der Waals surface area contributed by atoms with Crippen LogP contribution in [0.3, 0.4) is 0 Å². The van der Waals surface area contributed by atoms with Gasteiger partial charge in [-0.05, 0) is 42.7 Å². The van der Waals surface area contributed by atoms with Crippen molar-refractivity contribution in [1.29, 1.82) is 0 Å². The summed E-state index contributed by atoms with van der Waals surface area (Å²) in [4.78, 5) is 0. The normalized spacial score (nSPS) is 26.7. The quantitative estimate of drug-likeness (QED) is 0.773. The summed E-state index contributed by atoms with van der Waals surface area (Å²) in [6.07, 6.45) is 11.5. The van der Waals surface area contributed by atoms with Crippen LogP contribution in [0.1, 0.15) is 18.5 Å². The van der Waals surface area contributed by atoms with Gasteiger partial charge in [-0.3, -0.25) is 0 Å². The molecule has 1 aromatic carbocycles. The molecule has 2 unspecified atom stereocenters. The fourth-order valence-corrected chi connectivity index (χ4v) is 4.15. The number of nitrogens with one attached hydrogen (secondary N) is 1. The van der Waals surface area contributed by atoms with Crippen LogP contribution in [0.4, 0.5) is 0 Å². The van der Waals surface area contributed by atoms with Crippen LogP contribution in [0.15, 0.2) is 54.1 Å². The number of allylic oxidation sites excluding steroid dienone is 3. The van der Waals surface area contributed by atoms with Crippen molar-refractivity contribution in [3.8, 4) is 0 Å². The minimum atomic E-state index is 0.514.